The van der Waals surface area contributed by atoms with Crippen LogP contribution >= 0.6 is 0 Å². The first-order valence-corrected chi connectivity index (χ1v) is 10.7. The van der Waals surface area contributed by atoms with Gasteiger partial charge < -0.3 is 5.32 Å². The molecule has 0 bridgehead atoms. The van der Waals surface area contributed by atoms with Gasteiger partial charge in [-0.2, -0.15) is 4.52 Å². The van der Waals surface area contributed by atoms with E-state index in [9.17, 15) is 12.8 Å². The molecule has 2 heterocycles. The van der Waals surface area contributed by atoms with E-state index in [0.717, 1.165) is 5.56 Å². The smallest absolute Gasteiger partial charge is 0.240 e. The number of nitrogens with zero attached hydrogens (tertiary/aromatic N) is 4. The van der Waals surface area contributed by atoms with Gasteiger partial charge in [-0.1, -0.05) is 29.8 Å². The third-order valence-electron chi connectivity index (χ3n) is 4.43. The average molecular weight is 426 g/mol. The maximum absolute atomic E-state index is 14.1. The molecule has 0 fully saturated rings. The highest BCUT2D eigenvalue weighted by atomic mass is 32.2. The predicted octanol–water partition coefficient (Wildman–Crippen LogP) is 2.63. The Balaban J connectivity index is 1.44. The van der Waals surface area contributed by atoms with E-state index in [1.807, 2.05) is 6.92 Å². The van der Waals surface area contributed by atoms with Gasteiger partial charge in [0.25, 0.3) is 0 Å². The molecule has 0 aliphatic rings. The Kier molecular flexibility index (Phi) is 5.42. The minimum Gasteiger partial charge on any atom is -0.367 e. The molecule has 0 saturated carbocycles. The molecule has 8 nitrogen and oxygen atoms in total. The highest BCUT2D eigenvalue weighted by molar-refractivity contribution is 7.89. The number of sulfonamides is 1. The Hall–Kier alpha value is -3.37. The second-order valence-corrected chi connectivity index (χ2v) is 8.40. The number of nitrogens with one attached hydrogen (secondary N) is 2. The summed E-state index contributed by atoms with van der Waals surface area (Å²) in [5.41, 5.74) is 1.75. The van der Waals surface area contributed by atoms with E-state index in [0.29, 0.717) is 23.6 Å². The molecule has 0 atom stereocenters. The van der Waals surface area contributed by atoms with Gasteiger partial charge in [0.05, 0.1) is 10.5 Å². The molecule has 0 spiro atoms. The Morgan fingerprint density at radius 2 is 1.73 bits per heavy atom. The van der Waals surface area contributed by atoms with E-state index in [-0.39, 0.29) is 17.3 Å². The first-order chi connectivity index (χ1) is 14.4. The fraction of sp³-hybridized carbons (Fsp3) is 0.150. The summed E-state index contributed by atoms with van der Waals surface area (Å²) in [5.74, 6) is 0.346. The molecule has 4 rings (SSSR count). The number of halogens is 1. The molecule has 30 heavy (non-hydrogen) atoms. The molecule has 0 unspecified atom stereocenters. The van der Waals surface area contributed by atoms with Crippen molar-refractivity contribution in [3.63, 3.8) is 0 Å². The number of anilines is 1. The number of hydrogen-bond acceptors (Lipinski definition) is 6. The Morgan fingerprint density at radius 3 is 2.50 bits per heavy atom. The molecular formula is C20H19FN6O2S. The first kappa shape index (κ1) is 19.9. The zero-order valence-electron chi connectivity index (χ0n) is 16.1. The third kappa shape index (κ3) is 4.14. The molecule has 0 saturated heterocycles. The van der Waals surface area contributed by atoms with Crippen molar-refractivity contribution in [2.24, 2.45) is 0 Å². The molecule has 0 aliphatic carbocycles. The van der Waals surface area contributed by atoms with Crippen LogP contribution in [-0.4, -0.2) is 41.3 Å². The van der Waals surface area contributed by atoms with Crippen LogP contribution in [0.15, 0.2) is 65.6 Å². The number of hydrogen-bond donors (Lipinski definition) is 2. The number of aromatic nitrogens is 4. The number of rotatable bonds is 7. The summed E-state index contributed by atoms with van der Waals surface area (Å²) < 4.78 is 42.7. The van der Waals surface area contributed by atoms with Crippen molar-refractivity contribution in [1.82, 2.24) is 24.5 Å². The summed E-state index contributed by atoms with van der Waals surface area (Å²) >= 11 is 0. The van der Waals surface area contributed by atoms with Crippen LogP contribution in [0.5, 0.6) is 0 Å². The Morgan fingerprint density at radius 1 is 0.967 bits per heavy atom. The number of aryl methyl sites for hydroxylation is 1. The summed E-state index contributed by atoms with van der Waals surface area (Å²) in [7, 11) is -3.58. The van der Waals surface area contributed by atoms with E-state index in [2.05, 4.69) is 25.3 Å². The van der Waals surface area contributed by atoms with Gasteiger partial charge in [-0.3, -0.25) is 0 Å². The van der Waals surface area contributed by atoms with Crippen LogP contribution in [0.1, 0.15) is 5.56 Å². The van der Waals surface area contributed by atoms with E-state index in [1.165, 1.54) is 10.6 Å². The van der Waals surface area contributed by atoms with E-state index in [1.54, 1.807) is 54.6 Å². The predicted molar refractivity (Wildman–Crippen MR) is 111 cm³/mol. The van der Waals surface area contributed by atoms with Crippen LogP contribution < -0.4 is 10.0 Å². The van der Waals surface area contributed by atoms with Crippen molar-refractivity contribution in [3.05, 3.63) is 72.0 Å². The SMILES string of the molecule is Cc1ccc(S(=O)(=O)NCCNc2ccc3nnc(-c4ccccc4F)n3n2)cc1. The number of benzene rings is 2. The summed E-state index contributed by atoms with van der Waals surface area (Å²) in [6.07, 6.45) is 0. The normalized spacial score (nSPS) is 11.7. The van der Waals surface area contributed by atoms with Gasteiger partial charge in [0, 0.05) is 13.1 Å². The number of fused-ring (bicyclic) bond motifs is 1. The highest BCUT2D eigenvalue weighted by Gasteiger charge is 2.14. The van der Waals surface area contributed by atoms with Gasteiger partial charge in [-0.15, -0.1) is 15.3 Å². The fourth-order valence-corrected chi connectivity index (χ4v) is 3.90. The fourth-order valence-electron chi connectivity index (χ4n) is 2.87. The van der Waals surface area contributed by atoms with Crippen LogP contribution in [-0.2, 0) is 10.0 Å². The van der Waals surface area contributed by atoms with Gasteiger partial charge in [0.15, 0.2) is 11.5 Å². The van der Waals surface area contributed by atoms with E-state index >= 15 is 0 Å². The van der Waals surface area contributed by atoms with Crippen LogP contribution in [0.2, 0.25) is 0 Å². The van der Waals surface area contributed by atoms with Crippen molar-refractivity contribution in [1.29, 1.82) is 0 Å². The largest absolute Gasteiger partial charge is 0.367 e. The van der Waals surface area contributed by atoms with Crippen molar-refractivity contribution < 1.29 is 12.8 Å². The maximum Gasteiger partial charge on any atom is 0.240 e. The molecule has 154 valence electrons. The van der Waals surface area contributed by atoms with Crippen molar-refractivity contribution in [2.75, 3.05) is 18.4 Å². The Labute approximate surface area is 172 Å². The topological polar surface area (TPSA) is 101 Å². The first-order valence-electron chi connectivity index (χ1n) is 9.22. The molecule has 4 aromatic rings. The molecule has 2 N–H and O–H groups in total. The maximum atomic E-state index is 14.1. The lowest BCUT2D eigenvalue weighted by molar-refractivity contribution is 0.583. The second-order valence-electron chi connectivity index (χ2n) is 6.63. The average Bonchev–Trinajstić information content (AvgIpc) is 3.15. The van der Waals surface area contributed by atoms with Crippen LogP contribution in [0.25, 0.3) is 17.0 Å². The van der Waals surface area contributed by atoms with Crippen LogP contribution in [0.4, 0.5) is 10.2 Å². The van der Waals surface area contributed by atoms with Crippen molar-refractivity contribution in [3.8, 4) is 11.4 Å². The summed E-state index contributed by atoms with van der Waals surface area (Å²) in [6, 6.07) is 16.3. The standard InChI is InChI=1S/C20H19FN6O2S/c1-14-6-8-15(9-7-14)30(28,29)23-13-12-22-18-10-11-19-24-25-20(27(19)26-18)16-4-2-3-5-17(16)21/h2-11,23H,12-13H2,1H3,(H,22,26). The van der Waals surface area contributed by atoms with Gasteiger partial charge >= 0.3 is 0 Å². The highest BCUT2D eigenvalue weighted by Crippen LogP contribution is 2.21. The van der Waals surface area contributed by atoms with Crippen LogP contribution in [0, 0.1) is 12.7 Å². The van der Waals surface area contributed by atoms with Crippen LogP contribution in [0.3, 0.4) is 0 Å². The Bertz CT molecular complexity index is 1290. The molecular weight excluding hydrogens is 407 g/mol. The zero-order valence-corrected chi connectivity index (χ0v) is 16.9. The summed E-state index contributed by atoms with van der Waals surface area (Å²) in [6.45, 7) is 2.37. The summed E-state index contributed by atoms with van der Waals surface area (Å²) in [5, 5.41) is 15.5. The lowest BCUT2D eigenvalue weighted by Crippen LogP contribution is -2.29. The summed E-state index contributed by atoms with van der Waals surface area (Å²) in [4.78, 5) is 0.215. The third-order valence-corrected chi connectivity index (χ3v) is 5.91. The quantitative estimate of drug-likeness (QED) is 0.441. The van der Waals surface area contributed by atoms with E-state index in [4.69, 9.17) is 0 Å². The monoisotopic (exact) mass is 426 g/mol. The minimum atomic E-state index is -3.58. The lowest BCUT2D eigenvalue weighted by atomic mass is 10.2. The lowest BCUT2D eigenvalue weighted by Gasteiger charge is -2.09. The minimum absolute atomic E-state index is 0.165. The molecule has 0 amide bonds. The van der Waals surface area contributed by atoms with Crippen molar-refractivity contribution >= 4 is 21.5 Å². The van der Waals surface area contributed by atoms with Crippen molar-refractivity contribution in [2.45, 2.75) is 11.8 Å². The van der Waals surface area contributed by atoms with E-state index < -0.39 is 15.8 Å². The van der Waals surface area contributed by atoms with Gasteiger partial charge in [-0.05, 0) is 43.3 Å². The molecule has 10 heteroatoms. The van der Waals surface area contributed by atoms with Gasteiger partial charge in [0.2, 0.25) is 10.0 Å². The van der Waals surface area contributed by atoms with Gasteiger partial charge in [-0.25, -0.2) is 17.5 Å². The molecule has 0 radical (unpaired) electrons. The second kappa shape index (κ2) is 8.17. The van der Waals surface area contributed by atoms with Gasteiger partial charge in [0.1, 0.15) is 11.6 Å². The molecule has 0 aliphatic heterocycles. The molecule has 2 aromatic heterocycles. The molecule has 2 aromatic carbocycles. The zero-order chi connectivity index (χ0) is 21.1.